The Morgan fingerprint density at radius 1 is 1.56 bits per heavy atom. The smallest absolute Gasteiger partial charge is 0.285 e. The third-order valence-corrected chi connectivity index (χ3v) is 2.39. The highest BCUT2D eigenvalue weighted by Gasteiger charge is 2.17. The van der Waals surface area contributed by atoms with E-state index in [-0.39, 0.29) is 6.61 Å². The Labute approximate surface area is 105 Å². The molecule has 1 aromatic carbocycles. The van der Waals surface area contributed by atoms with Gasteiger partial charge in [0, 0.05) is 6.61 Å². The molecule has 0 fully saturated rings. The maximum absolute atomic E-state index is 11.1. The summed E-state index contributed by atoms with van der Waals surface area (Å²) in [5.41, 5.74) is 6.35. The van der Waals surface area contributed by atoms with Crippen LogP contribution in [-0.2, 0) is 20.8 Å². The van der Waals surface area contributed by atoms with Gasteiger partial charge in [0.15, 0.2) is 0 Å². The fourth-order valence-corrected chi connectivity index (χ4v) is 1.76. The third-order valence-electron chi connectivity index (χ3n) is 1.97. The molecule has 7 nitrogen and oxygen atoms in total. The van der Waals surface area contributed by atoms with E-state index in [0.717, 1.165) is 11.8 Å². The van der Waals surface area contributed by atoms with Gasteiger partial charge in [0.1, 0.15) is 0 Å². The van der Waals surface area contributed by atoms with Gasteiger partial charge in [0.05, 0.1) is 11.9 Å². The van der Waals surface area contributed by atoms with Crippen molar-refractivity contribution in [1.29, 1.82) is 5.41 Å². The number of guanidine groups is 1. The van der Waals surface area contributed by atoms with Gasteiger partial charge in [0.25, 0.3) is 10.1 Å². The average molecular weight is 273 g/mol. The minimum atomic E-state index is -3.79. The van der Waals surface area contributed by atoms with Crippen LogP contribution in [0.15, 0.2) is 24.3 Å². The minimum absolute atomic E-state index is 0.0313. The lowest BCUT2D eigenvalue weighted by Crippen LogP contribution is -2.38. The maximum atomic E-state index is 11.1. The van der Waals surface area contributed by atoms with E-state index in [1.807, 2.05) is 0 Å². The molecule has 0 saturated heterocycles. The number of anilines is 1. The van der Waals surface area contributed by atoms with Crippen molar-refractivity contribution >= 4 is 21.8 Å². The molecule has 0 aromatic heterocycles. The third kappa shape index (κ3) is 4.32. The largest absolute Gasteiger partial charge is 0.396 e. The van der Waals surface area contributed by atoms with E-state index in [1.165, 1.54) is 0 Å². The van der Waals surface area contributed by atoms with Gasteiger partial charge < -0.3 is 10.8 Å². The van der Waals surface area contributed by atoms with Crippen LogP contribution in [0.25, 0.3) is 0 Å². The molecule has 0 saturated carbocycles. The van der Waals surface area contributed by atoms with Gasteiger partial charge in [0.2, 0.25) is 5.96 Å². The molecule has 0 unspecified atom stereocenters. The number of benzene rings is 1. The van der Waals surface area contributed by atoms with Crippen LogP contribution in [0.1, 0.15) is 5.56 Å². The number of aliphatic hydroxyl groups excluding tert-OH is 1. The van der Waals surface area contributed by atoms with E-state index >= 15 is 0 Å². The zero-order valence-corrected chi connectivity index (χ0v) is 10.6. The number of nitrogens with two attached hydrogens (primary N) is 1. The zero-order chi connectivity index (χ0) is 13.8. The Hall–Kier alpha value is -1.64. The molecule has 0 aliphatic heterocycles. The SMILES string of the molecule is CS(=O)(=O)ON(C(=N)N)c1cccc(CCO)c1. The highest BCUT2D eigenvalue weighted by Crippen LogP contribution is 2.17. The second kappa shape index (κ2) is 5.80. The molecule has 0 radical (unpaired) electrons. The van der Waals surface area contributed by atoms with Crippen molar-refractivity contribution in [1.82, 2.24) is 0 Å². The first-order valence-corrected chi connectivity index (χ1v) is 6.88. The molecule has 1 aromatic rings. The quantitative estimate of drug-likeness (QED) is 0.389. The molecule has 100 valence electrons. The molecule has 0 aliphatic rings. The van der Waals surface area contributed by atoms with Gasteiger partial charge in [-0.2, -0.15) is 13.5 Å². The molecule has 4 N–H and O–H groups in total. The number of hydrogen-bond acceptors (Lipinski definition) is 5. The van der Waals surface area contributed by atoms with Crippen molar-refractivity contribution < 1.29 is 17.8 Å². The molecule has 8 heteroatoms. The highest BCUT2D eigenvalue weighted by atomic mass is 32.2. The van der Waals surface area contributed by atoms with Crippen molar-refractivity contribution in [2.45, 2.75) is 6.42 Å². The minimum Gasteiger partial charge on any atom is -0.396 e. The summed E-state index contributed by atoms with van der Waals surface area (Å²) in [7, 11) is -3.79. The monoisotopic (exact) mass is 273 g/mol. The molecular weight excluding hydrogens is 258 g/mol. The van der Waals surface area contributed by atoms with Crippen LogP contribution in [0.2, 0.25) is 0 Å². The van der Waals surface area contributed by atoms with Gasteiger partial charge >= 0.3 is 0 Å². The van der Waals surface area contributed by atoms with E-state index in [0.29, 0.717) is 17.2 Å². The number of aliphatic hydroxyl groups is 1. The van der Waals surface area contributed by atoms with Crippen LogP contribution in [0.5, 0.6) is 0 Å². The van der Waals surface area contributed by atoms with Crippen molar-refractivity contribution in [3.8, 4) is 0 Å². The lowest BCUT2D eigenvalue weighted by Gasteiger charge is -2.20. The van der Waals surface area contributed by atoms with Crippen molar-refractivity contribution in [2.24, 2.45) is 5.73 Å². The summed E-state index contributed by atoms with van der Waals surface area (Å²) in [5.74, 6) is -0.554. The average Bonchev–Trinajstić information content (AvgIpc) is 2.25. The number of rotatable bonds is 5. The van der Waals surface area contributed by atoms with Gasteiger partial charge in [-0.05, 0) is 24.1 Å². The molecule has 0 bridgehead atoms. The Balaban J connectivity index is 3.06. The Bertz CT molecular complexity index is 530. The van der Waals surface area contributed by atoms with E-state index in [4.69, 9.17) is 16.2 Å². The fourth-order valence-electron chi connectivity index (χ4n) is 1.33. The lowest BCUT2D eigenvalue weighted by molar-refractivity contribution is 0.299. The summed E-state index contributed by atoms with van der Waals surface area (Å²) in [6.07, 6.45) is 1.28. The van der Waals surface area contributed by atoms with Crippen LogP contribution in [0.3, 0.4) is 0 Å². The van der Waals surface area contributed by atoms with Gasteiger partial charge in [-0.1, -0.05) is 12.1 Å². The predicted molar refractivity (Wildman–Crippen MR) is 67.6 cm³/mol. The highest BCUT2D eigenvalue weighted by molar-refractivity contribution is 7.86. The topological polar surface area (TPSA) is 117 Å². The van der Waals surface area contributed by atoms with Crippen LogP contribution in [0, 0.1) is 5.41 Å². The van der Waals surface area contributed by atoms with Crippen molar-refractivity contribution in [3.63, 3.8) is 0 Å². The van der Waals surface area contributed by atoms with Gasteiger partial charge in [-0.15, -0.1) is 4.28 Å². The summed E-state index contributed by atoms with van der Waals surface area (Å²) in [6.45, 7) is -0.0313. The molecular formula is C10H15N3O4S. The first-order chi connectivity index (χ1) is 8.33. The summed E-state index contributed by atoms with van der Waals surface area (Å²) in [5, 5.41) is 16.8. The molecule has 18 heavy (non-hydrogen) atoms. The summed E-state index contributed by atoms with van der Waals surface area (Å²) in [6, 6.07) is 6.55. The Morgan fingerprint density at radius 2 is 2.22 bits per heavy atom. The molecule has 0 atom stereocenters. The molecule has 1 rings (SSSR count). The summed E-state index contributed by atoms with van der Waals surface area (Å²) >= 11 is 0. The molecule has 0 spiro atoms. The van der Waals surface area contributed by atoms with E-state index < -0.39 is 16.1 Å². The number of nitrogens with zero attached hydrogens (tertiary/aromatic N) is 1. The number of nitrogens with one attached hydrogen (secondary N) is 1. The van der Waals surface area contributed by atoms with Crippen LogP contribution in [0.4, 0.5) is 5.69 Å². The van der Waals surface area contributed by atoms with Crippen LogP contribution < -0.4 is 10.8 Å². The first-order valence-electron chi connectivity index (χ1n) is 5.07. The van der Waals surface area contributed by atoms with E-state index in [2.05, 4.69) is 4.28 Å². The van der Waals surface area contributed by atoms with Crippen LogP contribution >= 0.6 is 0 Å². The fraction of sp³-hybridized carbons (Fsp3) is 0.300. The van der Waals surface area contributed by atoms with Crippen LogP contribution in [-0.4, -0.2) is 32.3 Å². The van der Waals surface area contributed by atoms with Gasteiger partial charge in [-0.3, -0.25) is 5.41 Å². The number of hydrogen-bond donors (Lipinski definition) is 3. The number of hydroxylamine groups is 1. The van der Waals surface area contributed by atoms with Crippen molar-refractivity contribution in [2.75, 3.05) is 17.9 Å². The second-order valence-electron chi connectivity index (χ2n) is 3.60. The summed E-state index contributed by atoms with van der Waals surface area (Å²) in [4.78, 5) is 0. The van der Waals surface area contributed by atoms with Gasteiger partial charge in [-0.25, -0.2) is 0 Å². The normalized spacial score (nSPS) is 11.2. The zero-order valence-electron chi connectivity index (χ0n) is 9.83. The van der Waals surface area contributed by atoms with E-state index in [1.54, 1.807) is 24.3 Å². The Kier molecular flexibility index (Phi) is 4.65. The molecule has 0 heterocycles. The molecule has 0 amide bonds. The first kappa shape index (κ1) is 14.4. The lowest BCUT2D eigenvalue weighted by atomic mass is 10.1. The Morgan fingerprint density at radius 3 is 2.72 bits per heavy atom. The van der Waals surface area contributed by atoms with Crippen molar-refractivity contribution in [3.05, 3.63) is 29.8 Å². The summed E-state index contributed by atoms with van der Waals surface area (Å²) < 4.78 is 26.8. The maximum Gasteiger partial charge on any atom is 0.285 e. The standard InChI is InChI=1S/C10H15N3O4S/c1-18(15,16)17-13(10(11)12)9-4-2-3-8(7-9)5-6-14/h2-4,7,14H,5-6H2,1H3,(H3,11,12). The molecule has 0 aliphatic carbocycles. The second-order valence-corrected chi connectivity index (χ2v) is 5.16. The predicted octanol–water partition coefficient (Wildman–Crippen LogP) is -0.188. The van der Waals surface area contributed by atoms with E-state index in [9.17, 15) is 8.42 Å².